The van der Waals surface area contributed by atoms with Crippen LogP contribution >= 0.6 is 68.0 Å². The van der Waals surface area contributed by atoms with Gasteiger partial charge in [-0.1, -0.05) is 364 Å². The van der Waals surface area contributed by atoms with Gasteiger partial charge >= 0.3 is 0 Å². The molecule has 0 aliphatic heterocycles. The smallest absolute Gasteiger partial charge is 0.163 e. The molecule has 32 rings (SSSR count). The first kappa shape index (κ1) is 73.7. The predicted octanol–water partition coefficient (Wildman–Crippen LogP) is 36.2. The summed E-state index contributed by atoms with van der Waals surface area (Å²) >= 11 is 10.6. The fraction of sp³-hybridized carbons (Fsp3) is 0. The quantitative estimate of drug-likeness (QED) is 0.158. The molecular formula is C124H69N9S6. The summed E-state index contributed by atoms with van der Waals surface area (Å²) in [5.41, 5.74) is 11.0. The Balaban J connectivity index is 0.000000101. The molecule has 0 aliphatic rings. The lowest BCUT2D eigenvalue weighted by Gasteiger charge is -2.13. The highest BCUT2D eigenvalue weighted by Gasteiger charge is 2.32. The Labute approximate surface area is 822 Å². The number of aromatic nitrogens is 9. The first-order chi connectivity index (χ1) is 71.1. The van der Waals surface area contributed by atoms with Crippen molar-refractivity contribution in [3.05, 3.63) is 418 Å². The van der Waals surface area contributed by atoms with E-state index in [0.717, 1.165) is 130 Å². The van der Waals surface area contributed by atoms with Gasteiger partial charge < -0.3 is 0 Å². The Morgan fingerprint density at radius 1 is 0.187 bits per heavy atom. The molecule has 0 unspecified atom stereocenters. The van der Waals surface area contributed by atoms with Gasteiger partial charge in [0.25, 0.3) is 0 Å². The van der Waals surface area contributed by atoms with Crippen molar-refractivity contribution in [1.82, 2.24) is 43.6 Å². The fourth-order valence-corrected chi connectivity index (χ4v) is 29.0. The molecule has 32 aromatic rings. The van der Waals surface area contributed by atoms with E-state index in [1.807, 2.05) is 58.3 Å². The molecule has 0 aliphatic carbocycles. The number of benzene rings is 20. The number of nitrogens with zero attached hydrogens (tertiary/aromatic N) is 9. The maximum atomic E-state index is 8.91. The van der Waals surface area contributed by atoms with Gasteiger partial charge in [-0.2, -0.15) is 0 Å². The highest BCUT2D eigenvalue weighted by molar-refractivity contribution is 7.29. The zero-order valence-corrected chi connectivity index (χ0v) is 78.3. The van der Waals surface area contributed by atoms with Gasteiger partial charge in [-0.05, 0) is 76.5 Å². The van der Waals surface area contributed by atoms with E-state index in [1.165, 1.54) is 152 Å². The van der Waals surface area contributed by atoms with E-state index in [4.69, 9.17) is 36.8 Å². The van der Waals surface area contributed by atoms with E-state index >= 15 is 0 Å². The van der Waals surface area contributed by atoms with E-state index in [1.54, 1.807) is 22.7 Å². The van der Waals surface area contributed by atoms with Gasteiger partial charge in [-0.15, -0.1) is 68.0 Å². The third kappa shape index (κ3) is 11.8. The molecule has 0 saturated carbocycles. The van der Waals surface area contributed by atoms with Crippen LogP contribution in [0.15, 0.2) is 418 Å². The van der Waals surface area contributed by atoms with Crippen molar-refractivity contribution in [2.75, 3.05) is 0 Å². The molecule has 0 bridgehead atoms. The summed E-state index contributed by atoms with van der Waals surface area (Å²) in [4.78, 5) is 34.4. The lowest BCUT2D eigenvalue weighted by molar-refractivity contribution is 1.08. The molecule has 9 nitrogen and oxygen atoms in total. The monoisotopic (exact) mass is 1880 g/mol. The van der Waals surface area contributed by atoms with Crippen molar-refractivity contribution in [1.29, 1.82) is 0 Å². The van der Waals surface area contributed by atoms with Crippen molar-refractivity contribution in [3.8, 4) is 62.7 Å². The van der Waals surface area contributed by atoms with Crippen LogP contribution in [0, 0.1) is 0 Å². The molecule has 646 valence electrons. The zero-order valence-electron chi connectivity index (χ0n) is 78.4. The molecule has 12 heterocycles. The lowest BCUT2D eigenvalue weighted by atomic mass is 10.00. The van der Waals surface area contributed by atoms with E-state index in [9.17, 15) is 0 Å². The fourth-order valence-electron chi connectivity index (χ4n) is 21.9. The molecule has 0 spiro atoms. The maximum absolute atomic E-state index is 8.91. The topological polar surface area (TPSA) is 92.1 Å². The van der Waals surface area contributed by atoms with Gasteiger partial charge in [0.15, 0.2) is 34.9 Å². The summed E-state index contributed by atoms with van der Waals surface area (Å²) in [7, 11) is 0. The molecular weight excluding hydrogens is 1810 g/mol. The van der Waals surface area contributed by atoms with Crippen LogP contribution in [0.5, 0.6) is 0 Å². The van der Waals surface area contributed by atoms with Crippen LogP contribution in [-0.4, -0.2) is 43.6 Å². The minimum atomic E-state index is -0.450. The number of hydrogen-bond acceptors (Lipinski definition) is 12. The molecule has 15 heteroatoms. The number of para-hydroxylation sites is 3. The van der Waals surface area contributed by atoms with Crippen molar-refractivity contribution >= 4 is 298 Å². The number of rotatable bonds is 7. The van der Waals surface area contributed by atoms with Crippen LogP contribution in [0.4, 0.5) is 0 Å². The summed E-state index contributed by atoms with van der Waals surface area (Å²) in [6.45, 7) is 0. The van der Waals surface area contributed by atoms with E-state index < -0.39 is 18.1 Å². The predicted molar refractivity (Wildman–Crippen MR) is 598 cm³/mol. The van der Waals surface area contributed by atoms with Gasteiger partial charge in [-0.25, -0.2) is 29.9 Å². The first-order valence-electron chi connectivity index (χ1n) is 48.6. The summed E-state index contributed by atoms with van der Waals surface area (Å²) in [6.07, 6.45) is 0. The molecule has 0 atom stereocenters. The zero-order chi connectivity index (χ0) is 95.1. The van der Waals surface area contributed by atoms with Gasteiger partial charge in [0.1, 0.15) is 14.5 Å². The molecule has 0 amide bonds. The minimum absolute atomic E-state index is 0.0201. The van der Waals surface area contributed by atoms with Crippen LogP contribution in [0.25, 0.3) is 293 Å². The Morgan fingerprint density at radius 3 is 0.928 bits per heavy atom. The molecule has 0 N–H and O–H groups in total. The molecule has 0 fully saturated rings. The average molecular weight is 1880 g/mol. The van der Waals surface area contributed by atoms with Crippen LogP contribution in [0.3, 0.4) is 0 Å². The van der Waals surface area contributed by atoms with E-state index in [0.29, 0.717) is 10.6 Å². The number of hydrogen-bond donors (Lipinski definition) is 0. The average Bonchev–Trinajstić information content (AvgIpc) is 1.53. The molecule has 12 aromatic heterocycles. The normalized spacial score (nSPS) is 12.7. The third-order valence-electron chi connectivity index (χ3n) is 27.7. The minimum Gasteiger partial charge on any atom is -0.292 e. The molecule has 20 aromatic carbocycles. The van der Waals surface area contributed by atoms with Crippen molar-refractivity contribution in [3.63, 3.8) is 0 Å². The van der Waals surface area contributed by atoms with Crippen LogP contribution in [-0.2, 0) is 0 Å². The van der Waals surface area contributed by atoms with Gasteiger partial charge in [-0.3, -0.25) is 13.7 Å². The summed E-state index contributed by atoms with van der Waals surface area (Å²) in [5.74, 6) is 4.00. The highest BCUT2D eigenvalue weighted by atomic mass is 32.1. The van der Waals surface area contributed by atoms with Gasteiger partial charge in [0, 0.05) is 172 Å². The van der Waals surface area contributed by atoms with Crippen LogP contribution in [0.1, 0.15) is 6.85 Å². The van der Waals surface area contributed by atoms with Gasteiger partial charge in [0.2, 0.25) is 0 Å². The van der Waals surface area contributed by atoms with E-state index in [-0.39, 0.29) is 23.5 Å². The lowest BCUT2D eigenvalue weighted by Crippen LogP contribution is -2.02. The molecule has 0 radical (unpaired) electrons. The van der Waals surface area contributed by atoms with E-state index in [2.05, 4.69) is 378 Å². The van der Waals surface area contributed by atoms with Gasteiger partial charge in [0.05, 0.1) is 56.1 Å². The number of fused-ring (bicyclic) bond motifs is 41. The largest absolute Gasteiger partial charge is 0.292 e. The Hall–Kier alpha value is -16.6. The second-order valence-electron chi connectivity index (χ2n) is 35.2. The first-order valence-corrected chi connectivity index (χ1v) is 51.0. The number of thiophene rings is 6. The van der Waals surface area contributed by atoms with Crippen molar-refractivity contribution < 1.29 is 6.85 Å². The van der Waals surface area contributed by atoms with Crippen molar-refractivity contribution in [2.45, 2.75) is 0 Å². The second-order valence-corrected chi connectivity index (χ2v) is 41.4. The standard InChI is InChI=1S/C44H25N3S2.C42H23N3S2.C38H21N3S2/c1-2-13-26(14-3-1)27-15-12-16-28(25-27)42-45-43(39-33-21-8-11-24-36(33)49-44(39)46-42)47-34-22-9-6-19-31(34)37-38-32-20-7-10-23-35(32)48-41(38)30-18-5-4-17-29(30)40(37)47;1-2-13-25(14-3-1)40-43-41(36-31-23-22-24-12-4-5-15-26(24)38(31)47-42(36)44-40)45-32-20-10-8-18-29(32)34-35-30-19-9-11-21-33(30)46-39(35)28-17-7-6-16-27(28)37(34)45;1-2-12-22(13-3-1)36-39-37(33-27-18-8-11-21-30(27)43-38(33)40-36)41-28-19-9-6-16-25(28)31-32-26-17-7-10-20-29(26)42-35(32)24-15-5-4-14-23(24)34(31)41/h1-25H;1-23H;1-21H/i;1D,2D,3D,13D,14D;. The second kappa shape index (κ2) is 31.0. The maximum Gasteiger partial charge on any atom is 0.163 e. The summed E-state index contributed by atoms with van der Waals surface area (Å²) in [6, 6.07) is 136. The Kier molecular flexibility index (Phi) is 16.4. The molecule has 0 saturated heterocycles. The SMILES string of the molecule is [2H]c1c([2H])c([2H])c(-c2nc(-n3c4ccccc4c4c5c6ccccc6sc5c5ccccc5c43)c3c(n2)sc2c4ccccc4ccc23)c([2H])c1[2H].c1ccc(-c2cccc(-c3nc(-n4c5ccccc5c5c6c7ccccc7sc6c6ccccc6c54)c4c(n3)sc3ccccc34)c2)cc1.c1ccc(-c2nc(-n3c4ccccc4c4c5c6ccccc6sc5c5ccccc5c43)c3c(n2)sc2ccccc23)cc1. The highest BCUT2D eigenvalue weighted by Crippen LogP contribution is 2.55. The van der Waals surface area contributed by atoms with Crippen LogP contribution < -0.4 is 0 Å². The Morgan fingerprint density at radius 2 is 0.496 bits per heavy atom. The Bertz CT molecular complexity index is 11200. The summed E-state index contributed by atoms with van der Waals surface area (Å²) in [5, 5.41) is 30.7. The molecule has 139 heavy (non-hydrogen) atoms. The third-order valence-corrected chi connectivity index (χ3v) is 34.6. The van der Waals surface area contributed by atoms with Crippen molar-refractivity contribution in [2.24, 2.45) is 0 Å². The summed E-state index contributed by atoms with van der Waals surface area (Å²) < 4.78 is 61.4. The van der Waals surface area contributed by atoms with Crippen LogP contribution in [0.2, 0.25) is 0 Å².